The highest BCUT2D eigenvalue weighted by Gasteiger charge is 2.17. The van der Waals surface area contributed by atoms with E-state index >= 15 is 0 Å². The third kappa shape index (κ3) is 5.31. The largest absolute Gasteiger partial charge is 0.478 e. The first-order valence-corrected chi connectivity index (χ1v) is 6.40. The van der Waals surface area contributed by atoms with Crippen molar-refractivity contribution in [1.29, 1.82) is 0 Å². The van der Waals surface area contributed by atoms with Gasteiger partial charge in [-0.2, -0.15) is 0 Å². The van der Waals surface area contributed by atoms with Crippen molar-refractivity contribution in [3.8, 4) is 5.88 Å². The minimum atomic E-state index is -0.218. The highest BCUT2D eigenvalue weighted by Crippen LogP contribution is 2.14. The van der Waals surface area contributed by atoms with Gasteiger partial charge in [-0.1, -0.05) is 6.92 Å². The second-order valence-corrected chi connectivity index (χ2v) is 4.64. The molecule has 0 saturated heterocycles. The lowest BCUT2D eigenvalue weighted by Gasteiger charge is -2.25. The molecule has 5 heteroatoms. The lowest BCUT2D eigenvalue weighted by Crippen LogP contribution is -2.33. The van der Waals surface area contributed by atoms with E-state index in [0.29, 0.717) is 25.6 Å². The van der Waals surface area contributed by atoms with Crippen molar-refractivity contribution in [2.24, 2.45) is 0 Å². The van der Waals surface area contributed by atoms with Crippen LogP contribution in [0.15, 0.2) is 12.4 Å². The minimum absolute atomic E-state index is 0.218. The van der Waals surface area contributed by atoms with Crippen LogP contribution in [0.5, 0.6) is 5.88 Å². The molecule has 0 unspecified atom stereocenters. The second-order valence-electron chi connectivity index (χ2n) is 4.64. The van der Waals surface area contributed by atoms with Crippen LogP contribution < -0.4 is 10.1 Å². The zero-order valence-corrected chi connectivity index (χ0v) is 11.7. The van der Waals surface area contributed by atoms with Crippen molar-refractivity contribution in [3.05, 3.63) is 12.4 Å². The second kappa shape index (κ2) is 7.16. The minimum Gasteiger partial charge on any atom is -0.478 e. The summed E-state index contributed by atoms with van der Waals surface area (Å²) < 4.78 is 11.1. The van der Waals surface area contributed by atoms with Gasteiger partial charge in [-0.25, -0.2) is 9.97 Å². The van der Waals surface area contributed by atoms with Crippen LogP contribution in [0.3, 0.4) is 0 Å². The number of hydrogen-bond donors (Lipinski definition) is 1. The lowest BCUT2D eigenvalue weighted by molar-refractivity contribution is 0.000634. The standard InChI is InChI=1S/C13H23N3O2/c1-5-7-17-12-8-11(15-10-16-12)14-9-13(3,4)18-6-2/h8,10H,5-7,9H2,1-4H3,(H,14,15,16). The van der Waals surface area contributed by atoms with Gasteiger partial charge in [-0.15, -0.1) is 0 Å². The predicted molar refractivity (Wildman–Crippen MR) is 72.0 cm³/mol. The van der Waals surface area contributed by atoms with Gasteiger partial charge in [0, 0.05) is 19.2 Å². The molecule has 0 amide bonds. The fraction of sp³-hybridized carbons (Fsp3) is 0.692. The SMILES string of the molecule is CCCOc1cc(NCC(C)(C)OCC)ncn1. The average molecular weight is 253 g/mol. The van der Waals surface area contributed by atoms with E-state index in [1.165, 1.54) is 6.33 Å². The molecule has 0 aliphatic heterocycles. The summed E-state index contributed by atoms with van der Waals surface area (Å²) in [5.74, 6) is 1.35. The van der Waals surface area contributed by atoms with Crippen molar-refractivity contribution in [1.82, 2.24) is 9.97 Å². The van der Waals surface area contributed by atoms with Crippen LogP contribution in [0.25, 0.3) is 0 Å². The number of rotatable bonds is 8. The van der Waals surface area contributed by atoms with Crippen LogP contribution in [0.4, 0.5) is 5.82 Å². The van der Waals surface area contributed by atoms with E-state index in [2.05, 4.69) is 22.2 Å². The molecular formula is C13H23N3O2. The van der Waals surface area contributed by atoms with Crippen molar-refractivity contribution < 1.29 is 9.47 Å². The van der Waals surface area contributed by atoms with Crippen LogP contribution >= 0.6 is 0 Å². The normalized spacial score (nSPS) is 11.3. The molecule has 0 bridgehead atoms. The van der Waals surface area contributed by atoms with Gasteiger partial charge in [0.25, 0.3) is 0 Å². The van der Waals surface area contributed by atoms with Crippen molar-refractivity contribution in [2.75, 3.05) is 25.1 Å². The molecular weight excluding hydrogens is 230 g/mol. The van der Waals surface area contributed by atoms with Gasteiger partial charge in [0.2, 0.25) is 5.88 Å². The smallest absolute Gasteiger partial charge is 0.218 e. The lowest BCUT2D eigenvalue weighted by atomic mass is 10.1. The van der Waals surface area contributed by atoms with Crippen LogP contribution in [-0.4, -0.2) is 35.3 Å². The van der Waals surface area contributed by atoms with E-state index in [0.717, 1.165) is 12.2 Å². The number of ether oxygens (including phenoxy) is 2. The zero-order valence-electron chi connectivity index (χ0n) is 11.7. The maximum atomic E-state index is 5.61. The number of nitrogens with zero attached hydrogens (tertiary/aromatic N) is 2. The first kappa shape index (κ1) is 14.7. The van der Waals surface area contributed by atoms with Gasteiger partial charge in [0.1, 0.15) is 12.1 Å². The molecule has 102 valence electrons. The summed E-state index contributed by atoms with van der Waals surface area (Å²) in [5.41, 5.74) is -0.218. The van der Waals surface area contributed by atoms with E-state index < -0.39 is 0 Å². The molecule has 1 rings (SSSR count). The van der Waals surface area contributed by atoms with Crippen LogP contribution in [0.1, 0.15) is 34.1 Å². The molecule has 0 radical (unpaired) electrons. The van der Waals surface area contributed by atoms with E-state index in [1.54, 1.807) is 6.07 Å². The Hall–Kier alpha value is -1.36. The van der Waals surface area contributed by atoms with E-state index in [4.69, 9.17) is 9.47 Å². The van der Waals surface area contributed by atoms with E-state index in [9.17, 15) is 0 Å². The Kier molecular flexibility index (Phi) is 5.85. The molecule has 0 spiro atoms. The molecule has 1 heterocycles. The third-order valence-corrected chi connectivity index (χ3v) is 2.33. The summed E-state index contributed by atoms with van der Waals surface area (Å²) in [4.78, 5) is 8.21. The van der Waals surface area contributed by atoms with E-state index in [1.807, 2.05) is 20.8 Å². The molecule has 0 aliphatic rings. The molecule has 0 fully saturated rings. The Balaban J connectivity index is 2.51. The van der Waals surface area contributed by atoms with Gasteiger partial charge in [0.15, 0.2) is 0 Å². The molecule has 1 aromatic rings. The van der Waals surface area contributed by atoms with Gasteiger partial charge >= 0.3 is 0 Å². The Labute approximate surface area is 109 Å². The monoisotopic (exact) mass is 253 g/mol. The zero-order chi connectivity index (χ0) is 13.4. The van der Waals surface area contributed by atoms with Gasteiger partial charge in [0.05, 0.1) is 12.2 Å². The molecule has 0 atom stereocenters. The summed E-state index contributed by atoms with van der Waals surface area (Å²) >= 11 is 0. The maximum absolute atomic E-state index is 5.61. The van der Waals surface area contributed by atoms with Crippen molar-refractivity contribution >= 4 is 5.82 Å². The Morgan fingerprint density at radius 3 is 2.72 bits per heavy atom. The van der Waals surface area contributed by atoms with Gasteiger partial charge in [-0.3, -0.25) is 0 Å². The summed E-state index contributed by atoms with van der Waals surface area (Å²) in [7, 11) is 0. The summed E-state index contributed by atoms with van der Waals surface area (Å²) in [6, 6.07) is 1.80. The molecule has 0 aromatic carbocycles. The number of aromatic nitrogens is 2. The topological polar surface area (TPSA) is 56.3 Å². The molecule has 0 aliphatic carbocycles. The Bertz CT molecular complexity index is 356. The van der Waals surface area contributed by atoms with Crippen LogP contribution in [-0.2, 0) is 4.74 Å². The summed E-state index contributed by atoms with van der Waals surface area (Å²) in [6.07, 6.45) is 2.46. The van der Waals surface area contributed by atoms with Gasteiger partial charge in [-0.05, 0) is 27.2 Å². The predicted octanol–water partition coefficient (Wildman–Crippen LogP) is 2.49. The highest BCUT2D eigenvalue weighted by molar-refractivity contribution is 5.37. The molecule has 0 saturated carbocycles. The summed E-state index contributed by atoms with van der Waals surface area (Å²) in [6.45, 7) is 10.2. The van der Waals surface area contributed by atoms with Gasteiger partial charge < -0.3 is 14.8 Å². The molecule has 1 aromatic heterocycles. The highest BCUT2D eigenvalue weighted by atomic mass is 16.5. The Morgan fingerprint density at radius 2 is 2.06 bits per heavy atom. The van der Waals surface area contributed by atoms with E-state index in [-0.39, 0.29) is 5.60 Å². The first-order valence-electron chi connectivity index (χ1n) is 6.40. The van der Waals surface area contributed by atoms with Crippen molar-refractivity contribution in [3.63, 3.8) is 0 Å². The molecule has 18 heavy (non-hydrogen) atoms. The van der Waals surface area contributed by atoms with Crippen LogP contribution in [0, 0.1) is 0 Å². The summed E-state index contributed by atoms with van der Waals surface area (Å²) in [5, 5.41) is 3.23. The first-order chi connectivity index (χ1) is 8.57. The number of anilines is 1. The molecule has 1 N–H and O–H groups in total. The number of nitrogens with one attached hydrogen (secondary N) is 1. The Morgan fingerprint density at radius 1 is 1.28 bits per heavy atom. The third-order valence-electron chi connectivity index (χ3n) is 2.33. The quantitative estimate of drug-likeness (QED) is 0.771. The average Bonchev–Trinajstić information content (AvgIpc) is 2.35. The fourth-order valence-electron chi connectivity index (χ4n) is 1.47. The maximum Gasteiger partial charge on any atom is 0.218 e. The molecule has 5 nitrogen and oxygen atoms in total. The van der Waals surface area contributed by atoms with Crippen LogP contribution in [0.2, 0.25) is 0 Å². The van der Waals surface area contributed by atoms with Crippen molar-refractivity contribution in [2.45, 2.75) is 39.7 Å². The fourth-order valence-corrected chi connectivity index (χ4v) is 1.47. The number of hydrogen-bond acceptors (Lipinski definition) is 5.